The smallest absolute Gasteiger partial charge is 0.244 e. The van der Waals surface area contributed by atoms with Crippen LogP contribution in [0.4, 0.5) is 4.39 Å². The van der Waals surface area contributed by atoms with Gasteiger partial charge in [0.1, 0.15) is 5.82 Å². The maximum absolute atomic E-state index is 13.5. The second-order valence-electron chi connectivity index (χ2n) is 5.01. The first-order valence-electron chi connectivity index (χ1n) is 6.53. The number of hydrogen-bond acceptors (Lipinski definition) is 4. The van der Waals surface area contributed by atoms with Crippen molar-refractivity contribution in [1.29, 1.82) is 0 Å². The van der Waals surface area contributed by atoms with Crippen molar-refractivity contribution in [3.8, 4) is 0 Å². The van der Waals surface area contributed by atoms with Crippen molar-refractivity contribution in [2.24, 2.45) is 5.92 Å². The Balaban J connectivity index is 1.77. The van der Waals surface area contributed by atoms with Crippen LogP contribution in [0.1, 0.15) is 36.7 Å². The molecule has 2 aromatic rings. The van der Waals surface area contributed by atoms with Crippen molar-refractivity contribution in [1.82, 2.24) is 15.5 Å². The number of rotatable bonds is 3. The molecule has 0 bridgehead atoms. The van der Waals surface area contributed by atoms with Crippen LogP contribution < -0.4 is 5.32 Å². The van der Waals surface area contributed by atoms with E-state index in [2.05, 4.69) is 22.4 Å². The van der Waals surface area contributed by atoms with Gasteiger partial charge in [0.15, 0.2) is 5.82 Å². The van der Waals surface area contributed by atoms with E-state index in [0.717, 1.165) is 13.0 Å². The lowest BCUT2D eigenvalue weighted by molar-refractivity contribution is 0.317. The molecule has 0 aliphatic carbocycles. The van der Waals surface area contributed by atoms with Crippen molar-refractivity contribution >= 4 is 0 Å². The Hall–Kier alpha value is -1.75. The highest BCUT2D eigenvalue weighted by molar-refractivity contribution is 5.20. The molecule has 1 aliphatic heterocycles. The van der Waals surface area contributed by atoms with Crippen LogP contribution in [0.2, 0.25) is 0 Å². The van der Waals surface area contributed by atoms with Crippen LogP contribution in [-0.2, 0) is 6.42 Å². The maximum Gasteiger partial charge on any atom is 0.244 e. The number of nitrogens with one attached hydrogen (secondary N) is 1. The lowest BCUT2D eigenvalue weighted by Crippen LogP contribution is -2.16. The van der Waals surface area contributed by atoms with Gasteiger partial charge in [-0.15, -0.1) is 0 Å². The summed E-state index contributed by atoms with van der Waals surface area (Å²) in [4.78, 5) is 4.37. The molecule has 1 aromatic carbocycles. The summed E-state index contributed by atoms with van der Waals surface area (Å²) in [6, 6.07) is 6.78. The molecule has 0 spiro atoms. The van der Waals surface area contributed by atoms with Crippen LogP contribution in [0.5, 0.6) is 0 Å². The minimum atomic E-state index is -0.235. The highest BCUT2D eigenvalue weighted by Crippen LogP contribution is 2.27. The van der Waals surface area contributed by atoms with Gasteiger partial charge in [0, 0.05) is 6.42 Å². The summed E-state index contributed by atoms with van der Waals surface area (Å²) in [7, 11) is 0. The van der Waals surface area contributed by atoms with E-state index in [4.69, 9.17) is 4.52 Å². The molecule has 1 fully saturated rings. The first-order valence-corrected chi connectivity index (χ1v) is 6.53. The number of aromatic nitrogens is 2. The van der Waals surface area contributed by atoms with Crippen LogP contribution in [0.3, 0.4) is 0 Å². The van der Waals surface area contributed by atoms with E-state index < -0.39 is 0 Å². The number of benzene rings is 1. The fourth-order valence-electron chi connectivity index (χ4n) is 2.44. The number of nitrogens with zero attached hydrogens (tertiary/aromatic N) is 2. The molecule has 0 amide bonds. The summed E-state index contributed by atoms with van der Waals surface area (Å²) in [6.45, 7) is 3.13. The zero-order chi connectivity index (χ0) is 13.2. The van der Waals surface area contributed by atoms with E-state index >= 15 is 0 Å². The number of hydrogen-bond donors (Lipinski definition) is 1. The van der Waals surface area contributed by atoms with Crippen molar-refractivity contribution in [3.63, 3.8) is 0 Å². The third-order valence-corrected chi connectivity index (χ3v) is 3.59. The summed E-state index contributed by atoms with van der Waals surface area (Å²) in [5.74, 6) is 1.39. The quantitative estimate of drug-likeness (QED) is 0.922. The average molecular weight is 261 g/mol. The summed E-state index contributed by atoms with van der Waals surface area (Å²) < 4.78 is 18.8. The second-order valence-corrected chi connectivity index (χ2v) is 5.01. The van der Waals surface area contributed by atoms with Crippen LogP contribution in [0.15, 0.2) is 28.8 Å². The van der Waals surface area contributed by atoms with Gasteiger partial charge < -0.3 is 9.84 Å². The molecule has 3 rings (SSSR count). The maximum atomic E-state index is 13.5. The molecular weight excluding hydrogens is 245 g/mol. The van der Waals surface area contributed by atoms with Crippen LogP contribution in [-0.4, -0.2) is 16.7 Å². The Morgan fingerprint density at radius 2 is 2.26 bits per heavy atom. The highest BCUT2D eigenvalue weighted by Gasteiger charge is 2.29. The van der Waals surface area contributed by atoms with E-state index in [1.165, 1.54) is 6.07 Å². The minimum absolute atomic E-state index is 0.127. The van der Waals surface area contributed by atoms with Gasteiger partial charge in [-0.05, 0) is 30.5 Å². The molecule has 2 atom stereocenters. The molecular formula is C14H16FN3O. The van der Waals surface area contributed by atoms with Crippen molar-refractivity contribution in [2.75, 3.05) is 6.54 Å². The van der Waals surface area contributed by atoms with E-state index in [1.54, 1.807) is 18.2 Å². The minimum Gasteiger partial charge on any atom is -0.338 e. The molecule has 2 unspecified atom stereocenters. The Kier molecular flexibility index (Phi) is 3.29. The molecule has 1 aromatic heterocycles. The summed E-state index contributed by atoms with van der Waals surface area (Å²) in [5.41, 5.74) is 0.585. The average Bonchev–Trinajstić information content (AvgIpc) is 3.01. The molecule has 1 N–H and O–H groups in total. The van der Waals surface area contributed by atoms with Crippen molar-refractivity contribution < 1.29 is 8.91 Å². The normalized spacial score (nSPS) is 22.8. The predicted octanol–water partition coefficient (Wildman–Crippen LogP) is 2.47. The Labute approximate surface area is 111 Å². The lowest BCUT2D eigenvalue weighted by Gasteiger charge is -2.09. The third kappa shape index (κ3) is 2.51. The molecule has 4 nitrogen and oxygen atoms in total. The molecule has 19 heavy (non-hydrogen) atoms. The first-order chi connectivity index (χ1) is 9.24. The molecule has 1 aliphatic rings. The van der Waals surface area contributed by atoms with E-state index in [1.807, 2.05) is 0 Å². The van der Waals surface area contributed by atoms with Gasteiger partial charge in [-0.25, -0.2) is 4.39 Å². The fraction of sp³-hybridized carbons (Fsp3) is 0.429. The number of halogens is 1. The van der Waals surface area contributed by atoms with Crippen molar-refractivity contribution in [2.45, 2.75) is 25.8 Å². The Morgan fingerprint density at radius 3 is 3.00 bits per heavy atom. The Morgan fingerprint density at radius 1 is 1.42 bits per heavy atom. The first kappa shape index (κ1) is 12.3. The monoisotopic (exact) mass is 261 g/mol. The van der Waals surface area contributed by atoms with Crippen LogP contribution in [0, 0.1) is 11.7 Å². The second kappa shape index (κ2) is 5.09. The standard InChI is InChI=1S/C14H16FN3O/c1-9-6-7-16-13(9)14-17-12(18-19-14)8-10-4-2-3-5-11(10)15/h2-5,9,13,16H,6-8H2,1H3. The molecule has 1 saturated heterocycles. The van der Waals surface area contributed by atoms with E-state index in [9.17, 15) is 4.39 Å². The van der Waals surface area contributed by atoms with Crippen LogP contribution >= 0.6 is 0 Å². The lowest BCUT2D eigenvalue weighted by atomic mass is 10.0. The zero-order valence-electron chi connectivity index (χ0n) is 10.8. The zero-order valence-corrected chi connectivity index (χ0v) is 10.8. The SMILES string of the molecule is CC1CCNC1c1nc(Cc2ccccc2F)no1. The molecule has 0 radical (unpaired) electrons. The molecule has 5 heteroatoms. The Bertz CT molecular complexity index is 569. The largest absolute Gasteiger partial charge is 0.338 e. The topological polar surface area (TPSA) is 51.0 Å². The summed E-state index contributed by atoms with van der Waals surface area (Å²) in [5, 5.41) is 7.28. The molecule has 0 saturated carbocycles. The predicted molar refractivity (Wildman–Crippen MR) is 68.0 cm³/mol. The third-order valence-electron chi connectivity index (χ3n) is 3.59. The van der Waals surface area contributed by atoms with Crippen LogP contribution in [0.25, 0.3) is 0 Å². The van der Waals surface area contributed by atoms with Gasteiger partial charge in [-0.2, -0.15) is 4.98 Å². The van der Waals surface area contributed by atoms with Gasteiger partial charge in [0.25, 0.3) is 0 Å². The summed E-state index contributed by atoms with van der Waals surface area (Å²) in [6.07, 6.45) is 1.47. The van der Waals surface area contributed by atoms with E-state index in [0.29, 0.717) is 29.6 Å². The van der Waals surface area contributed by atoms with Gasteiger partial charge in [0.05, 0.1) is 6.04 Å². The summed E-state index contributed by atoms with van der Waals surface area (Å²) >= 11 is 0. The van der Waals surface area contributed by atoms with Gasteiger partial charge in [-0.3, -0.25) is 0 Å². The fourth-order valence-corrected chi connectivity index (χ4v) is 2.44. The molecule has 2 heterocycles. The van der Waals surface area contributed by atoms with E-state index in [-0.39, 0.29) is 11.9 Å². The highest BCUT2D eigenvalue weighted by atomic mass is 19.1. The van der Waals surface area contributed by atoms with Gasteiger partial charge in [0.2, 0.25) is 5.89 Å². The van der Waals surface area contributed by atoms with Crippen molar-refractivity contribution in [3.05, 3.63) is 47.4 Å². The van der Waals surface area contributed by atoms with Gasteiger partial charge >= 0.3 is 0 Å². The van der Waals surface area contributed by atoms with Gasteiger partial charge in [-0.1, -0.05) is 30.3 Å². The molecule has 100 valence electrons.